The van der Waals surface area contributed by atoms with Crippen LogP contribution in [-0.2, 0) is 16.0 Å². The number of fused-ring (bicyclic) bond motifs is 1. The van der Waals surface area contributed by atoms with E-state index in [0.29, 0.717) is 11.4 Å². The lowest BCUT2D eigenvalue weighted by Gasteiger charge is -2.13. The van der Waals surface area contributed by atoms with Crippen LogP contribution in [0.3, 0.4) is 0 Å². The molecule has 7 nitrogen and oxygen atoms in total. The summed E-state index contributed by atoms with van der Waals surface area (Å²) in [4.78, 5) is 24.1. The molecule has 33 heavy (non-hydrogen) atoms. The molecule has 166 valence electrons. The van der Waals surface area contributed by atoms with E-state index in [1.54, 1.807) is 13.8 Å². The largest absolute Gasteiger partial charge is 0.481 e. The van der Waals surface area contributed by atoms with Crippen molar-refractivity contribution in [1.29, 1.82) is 0 Å². The smallest absolute Gasteiger partial charge is 0.412 e. The van der Waals surface area contributed by atoms with Gasteiger partial charge >= 0.3 is 12.1 Å². The number of hydrogen-bond acceptors (Lipinski definition) is 6. The van der Waals surface area contributed by atoms with Crippen LogP contribution in [0.4, 0.5) is 10.5 Å². The average Bonchev–Trinajstić information content (AvgIpc) is 3.34. The van der Waals surface area contributed by atoms with Crippen LogP contribution in [0.25, 0.3) is 10.1 Å². The van der Waals surface area contributed by atoms with Gasteiger partial charge < -0.3 is 14.4 Å². The predicted octanol–water partition coefficient (Wildman–Crippen LogP) is 5.53. The SMILES string of the molecule is Cc1noc(C#Cc2ccc3cc(CC(=O)O)sc3c2)c1NC(=O)OC(C)c1ccccc1. The number of anilines is 1. The first-order valence-electron chi connectivity index (χ1n) is 10.1. The number of aromatic nitrogens is 1. The van der Waals surface area contributed by atoms with Crippen LogP contribution in [0.5, 0.6) is 0 Å². The van der Waals surface area contributed by atoms with Gasteiger partial charge in [-0.25, -0.2) is 4.79 Å². The van der Waals surface area contributed by atoms with Crippen molar-refractivity contribution < 1.29 is 24.0 Å². The number of carbonyl (C=O) groups is 2. The highest BCUT2D eigenvalue weighted by Crippen LogP contribution is 2.27. The van der Waals surface area contributed by atoms with Gasteiger partial charge in [-0.3, -0.25) is 10.1 Å². The number of nitrogens with one attached hydrogen (secondary N) is 1. The van der Waals surface area contributed by atoms with Gasteiger partial charge in [0.05, 0.1) is 6.42 Å². The van der Waals surface area contributed by atoms with Crippen molar-refractivity contribution in [2.75, 3.05) is 5.32 Å². The van der Waals surface area contributed by atoms with E-state index in [-0.39, 0.29) is 12.2 Å². The molecule has 0 spiro atoms. The zero-order valence-corrected chi connectivity index (χ0v) is 18.7. The Morgan fingerprint density at radius 2 is 1.97 bits per heavy atom. The van der Waals surface area contributed by atoms with Gasteiger partial charge in [0.1, 0.15) is 17.5 Å². The van der Waals surface area contributed by atoms with Crippen LogP contribution < -0.4 is 5.32 Å². The van der Waals surface area contributed by atoms with Crippen LogP contribution in [0.2, 0.25) is 0 Å². The lowest BCUT2D eigenvalue weighted by Crippen LogP contribution is -2.16. The zero-order chi connectivity index (χ0) is 23.4. The Bertz CT molecular complexity index is 1380. The Kier molecular flexibility index (Phi) is 6.43. The van der Waals surface area contributed by atoms with E-state index in [2.05, 4.69) is 22.3 Å². The van der Waals surface area contributed by atoms with E-state index in [1.807, 2.05) is 54.6 Å². The molecule has 2 N–H and O–H groups in total. The van der Waals surface area contributed by atoms with Crippen molar-refractivity contribution in [2.24, 2.45) is 0 Å². The van der Waals surface area contributed by atoms with Gasteiger partial charge in [0, 0.05) is 15.1 Å². The van der Waals surface area contributed by atoms with Crippen molar-refractivity contribution in [2.45, 2.75) is 26.4 Å². The van der Waals surface area contributed by atoms with Gasteiger partial charge in [0.15, 0.2) is 0 Å². The molecular weight excluding hydrogens is 440 g/mol. The molecule has 2 heterocycles. The summed E-state index contributed by atoms with van der Waals surface area (Å²) < 4.78 is 11.7. The maximum Gasteiger partial charge on any atom is 0.412 e. The molecule has 0 fully saturated rings. The first-order chi connectivity index (χ1) is 15.9. The van der Waals surface area contributed by atoms with Gasteiger partial charge in [-0.15, -0.1) is 11.3 Å². The second-order valence-electron chi connectivity index (χ2n) is 7.34. The molecule has 1 amide bonds. The number of benzene rings is 2. The fourth-order valence-corrected chi connectivity index (χ4v) is 4.31. The number of rotatable bonds is 5. The normalized spacial score (nSPS) is 11.5. The molecule has 1 atom stereocenters. The van der Waals surface area contributed by atoms with Crippen LogP contribution in [-0.4, -0.2) is 22.3 Å². The number of ether oxygens (including phenoxy) is 1. The highest BCUT2D eigenvalue weighted by atomic mass is 32.1. The standard InChI is InChI=1S/C25H20N2O5S/c1-15-24(26-25(30)31-16(2)18-6-4-3-5-7-18)21(32-27-15)11-9-17-8-10-19-13-20(14-23(28)29)33-22(19)12-17/h3-8,10,12-13,16H,14H2,1-2H3,(H,26,30)(H,28,29). The molecule has 0 aliphatic rings. The average molecular weight is 461 g/mol. The number of nitrogens with zero attached hydrogens (tertiary/aromatic N) is 1. The third-order valence-corrected chi connectivity index (χ3v) is 5.96. The Hall–Kier alpha value is -4.09. The number of carbonyl (C=O) groups excluding carboxylic acids is 1. The number of hydrogen-bond donors (Lipinski definition) is 2. The molecule has 0 saturated heterocycles. The third-order valence-electron chi connectivity index (χ3n) is 4.86. The van der Waals surface area contributed by atoms with Gasteiger partial charge in [0.25, 0.3) is 0 Å². The quantitative estimate of drug-likeness (QED) is 0.380. The fourth-order valence-electron chi connectivity index (χ4n) is 3.22. The Labute approximate surface area is 194 Å². The highest BCUT2D eigenvalue weighted by molar-refractivity contribution is 7.19. The first-order valence-corrected chi connectivity index (χ1v) is 11.0. The maximum absolute atomic E-state index is 12.4. The second kappa shape index (κ2) is 9.59. The summed E-state index contributed by atoms with van der Waals surface area (Å²) in [6.07, 6.45) is -1.07. The summed E-state index contributed by atoms with van der Waals surface area (Å²) in [5.74, 6) is 5.27. The van der Waals surface area contributed by atoms with Crippen molar-refractivity contribution in [3.05, 3.63) is 82.1 Å². The zero-order valence-electron chi connectivity index (χ0n) is 17.9. The summed E-state index contributed by atoms with van der Waals surface area (Å²) >= 11 is 1.42. The molecule has 4 rings (SSSR count). The molecule has 2 aromatic heterocycles. The molecule has 0 aliphatic heterocycles. The number of aliphatic carboxylic acids is 1. The van der Waals surface area contributed by atoms with Crippen LogP contribution in [0, 0.1) is 18.8 Å². The van der Waals surface area contributed by atoms with E-state index in [0.717, 1.165) is 26.1 Å². The van der Waals surface area contributed by atoms with Gasteiger partial charge in [0.2, 0.25) is 5.76 Å². The van der Waals surface area contributed by atoms with Crippen LogP contribution >= 0.6 is 11.3 Å². The van der Waals surface area contributed by atoms with Crippen molar-refractivity contribution in [3.63, 3.8) is 0 Å². The fraction of sp³-hybridized carbons (Fsp3) is 0.160. The molecule has 2 aromatic carbocycles. The topological polar surface area (TPSA) is 102 Å². The van der Waals surface area contributed by atoms with E-state index in [4.69, 9.17) is 14.4 Å². The molecule has 0 radical (unpaired) electrons. The Morgan fingerprint density at radius 3 is 2.73 bits per heavy atom. The molecule has 0 bridgehead atoms. The molecule has 0 aliphatic carbocycles. The third kappa shape index (κ3) is 5.40. The van der Waals surface area contributed by atoms with E-state index >= 15 is 0 Å². The molecular formula is C25H20N2O5S. The molecule has 0 saturated carbocycles. The maximum atomic E-state index is 12.4. The molecule has 8 heteroatoms. The predicted molar refractivity (Wildman–Crippen MR) is 125 cm³/mol. The lowest BCUT2D eigenvalue weighted by molar-refractivity contribution is -0.136. The summed E-state index contributed by atoms with van der Waals surface area (Å²) in [7, 11) is 0. The Morgan fingerprint density at radius 1 is 1.18 bits per heavy atom. The number of thiophene rings is 1. The number of aryl methyl sites for hydroxylation is 1. The lowest BCUT2D eigenvalue weighted by atomic mass is 10.1. The van der Waals surface area contributed by atoms with E-state index < -0.39 is 18.2 Å². The monoisotopic (exact) mass is 460 g/mol. The number of carboxylic acid groups (broad SMARTS) is 1. The van der Waals surface area contributed by atoms with Crippen molar-refractivity contribution >= 4 is 39.2 Å². The summed E-state index contributed by atoms with van der Waals surface area (Å²) in [6, 6.07) is 16.9. The number of carboxylic acids is 1. The van der Waals surface area contributed by atoms with Gasteiger partial charge in [-0.2, -0.15) is 0 Å². The van der Waals surface area contributed by atoms with Crippen molar-refractivity contribution in [3.8, 4) is 11.8 Å². The van der Waals surface area contributed by atoms with Gasteiger partial charge in [-0.1, -0.05) is 47.5 Å². The Balaban J connectivity index is 1.49. The minimum absolute atomic E-state index is 0.00822. The van der Waals surface area contributed by atoms with Gasteiger partial charge in [-0.05, 0) is 48.9 Å². The minimum atomic E-state index is -0.862. The van der Waals surface area contributed by atoms with Crippen LogP contribution in [0.1, 0.15) is 40.5 Å². The summed E-state index contributed by atoms with van der Waals surface area (Å²) in [6.45, 7) is 3.49. The van der Waals surface area contributed by atoms with Crippen molar-refractivity contribution in [1.82, 2.24) is 5.16 Å². The minimum Gasteiger partial charge on any atom is -0.481 e. The van der Waals surface area contributed by atoms with E-state index in [1.165, 1.54) is 11.3 Å². The molecule has 1 unspecified atom stereocenters. The van der Waals surface area contributed by atoms with Crippen LogP contribution in [0.15, 0.2) is 59.1 Å². The summed E-state index contributed by atoms with van der Waals surface area (Å²) in [5, 5.41) is 16.5. The first kappa shape index (κ1) is 22.1. The molecule has 4 aromatic rings. The summed E-state index contributed by atoms with van der Waals surface area (Å²) in [5.41, 5.74) is 2.45. The highest BCUT2D eigenvalue weighted by Gasteiger charge is 2.17. The number of amides is 1. The second-order valence-corrected chi connectivity index (χ2v) is 8.51. The van der Waals surface area contributed by atoms with E-state index in [9.17, 15) is 9.59 Å².